The molecule has 0 aliphatic carbocycles. The fourth-order valence-electron chi connectivity index (χ4n) is 1.62. The van der Waals surface area contributed by atoms with Gasteiger partial charge in [-0.1, -0.05) is 30.3 Å². The molecule has 2 rings (SSSR count). The van der Waals surface area contributed by atoms with E-state index in [0.29, 0.717) is 11.1 Å². The smallest absolute Gasteiger partial charge is 0.259 e. The van der Waals surface area contributed by atoms with Crippen LogP contribution in [0.15, 0.2) is 59.7 Å². The van der Waals surface area contributed by atoms with E-state index in [9.17, 15) is 14.0 Å². The Morgan fingerprint density at radius 3 is 2.41 bits per heavy atom. The predicted octanol–water partition coefficient (Wildman–Crippen LogP) is 1.71. The van der Waals surface area contributed by atoms with E-state index in [4.69, 9.17) is 0 Å². The molecule has 6 heteroatoms. The average Bonchev–Trinajstić information content (AvgIpc) is 2.55. The van der Waals surface area contributed by atoms with E-state index in [0.717, 1.165) is 0 Å². The predicted molar refractivity (Wildman–Crippen MR) is 80.9 cm³/mol. The highest BCUT2D eigenvalue weighted by atomic mass is 19.1. The van der Waals surface area contributed by atoms with E-state index in [1.165, 1.54) is 30.5 Å². The van der Waals surface area contributed by atoms with Crippen LogP contribution in [-0.4, -0.2) is 24.6 Å². The van der Waals surface area contributed by atoms with Crippen molar-refractivity contribution < 1.29 is 14.0 Å². The highest BCUT2D eigenvalue weighted by Crippen LogP contribution is 1.99. The number of carbonyl (C=O) groups excluding carboxylic acids is 2. The molecule has 0 heterocycles. The Hall–Kier alpha value is -3.02. The second-order valence-corrected chi connectivity index (χ2v) is 4.39. The number of amides is 2. The zero-order chi connectivity index (χ0) is 15.8. The molecule has 0 fully saturated rings. The van der Waals surface area contributed by atoms with Crippen LogP contribution in [0.3, 0.4) is 0 Å². The van der Waals surface area contributed by atoms with Crippen molar-refractivity contribution in [2.45, 2.75) is 0 Å². The van der Waals surface area contributed by atoms with Gasteiger partial charge in [0.1, 0.15) is 5.82 Å². The topological polar surface area (TPSA) is 70.6 Å². The first-order valence-corrected chi connectivity index (χ1v) is 6.56. The van der Waals surface area contributed by atoms with Gasteiger partial charge in [-0.2, -0.15) is 5.10 Å². The Balaban J connectivity index is 1.76. The number of benzene rings is 2. The third-order valence-electron chi connectivity index (χ3n) is 2.72. The maximum absolute atomic E-state index is 12.7. The molecule has 2 amide bonds. The Morgan fingerprint density at radius 1 is 1.05 bits per heavy atom. The summed E-state index contributed by atoms with van der Waals surface area (Å²) in [6.45, 7) is -0.186. The molecule has 0 spiro atoms. The lowest BCUT2D eigenvalue weighted by molar-refractivity contribution is -0.120. The van der Waals surface area contributed by atoms with Gasteiger partial charge < -0.3 is 5.32 Å². The Morgan fingerprint density at radius 2 is 1.73 bits per heavy atom. The molecule has 5 nitrogen and oxygen atoms in total. The highest BCUT2D eigenvalue weighted by molar-refractivity contribution is 5.96. The summed E-state index contributed by atoms with van der Waals surface area (Å²) in [7, 11) is 0. The summed E-state index contributed by atoms with van der Waals surface area (Å²) in [6, 6.07) is 14.2. The largest absolute Gasteiger partial charge is 0.343 e. The molecule has 0 aliphatic rings. The van der Waals surface area contributed by atoms with Crippen LogP contribution < -0.4 is 10.7 Å². The molecular weight excluding hydrogens is 285 g/mol. The Kier molecular flexibility index (Phi) is 5.37. The fourth-order valence-corrected chi connectivity index (χ4v) is 1.62. The minimum Gasteiger partial charge on any atom is -0.343 e. The second-order valence-electron chi connectivity index (χ2n) is 4.39. The number of hydrazone groups is 1. The molecular formula is C16H14FN3O2. The summed E-state index contributed by atoms with van der Waals surface area (Å²) in [5, 5.41) is 6.20. The van der Waals surface area contributed by atoms with Crippen LogP contribution in [0.5, 0.6) is 0 Å². The van der Waals surface area contributed by atoms with Crippen LogP contribution >= 0.6 is 0 Å². The summed E-state index contributed by atoms with van der Waals surface area (Å²) in [4.78, 5) is 23.2. The highest BCUT2D eigenvalue weighted by Gasteiger charge is 2.06. The number of halogens is 1. The number of nitrogens with zero attached hydrogens (tertiary/aromatic N) is 1. The first-order chi connectivity index (χ1) is 10.6. The molecule has 0 saturated heterocycles. The van der Waals surface area contributed by atoms with Crippen molar-refractivity contribution in [3.8, 4) is 0 Å². The van der Waals surface area contributed by atoms with Crippen LogP contribution in [0.2, 0.25) is 0 Å². The molecule has 2 aromatic carbocycles. The van der Waals surface area contributed by atoms with Crippen molar-refractivity contribution in [3.05, 3.63) is 71.5 Å². The lowest BCUT2D eigenvalue weighted by Gasteiger charge is -2.03. The molecule has 2 N–H and O–H groups in total. The molecule has 0 aliphatic heterocycles. The zero-order valence-corrected chi connectivity index (χ0v) is 11.6. The van der Waals surface area contributed by atoms with Crippen molar-refractivity contribution in [1.29, 1.82) is 0 Å². The molecule has 0 radical (unpaired) electrons. The number of hydrogen-bond donors (Lipinski definition) is 2. The van der Waals surface area contributed by atoms with E-state index in [-0.39, 0.29) is 18.3 Å². The monoisotopic (exact) mass is 299 g/mol. The van der Waals surface area contributed by atoms with Gasteiger partial charge in [0.15, 0.2) is 0 Å². The molecule has 0 atom stereocenters. The van der Waals surface area contributed by atoms with Crippen LogP contribution in [0.4, 0.5) is 4.39 Å². The number of rotatable bonds is 5. The van der Waals surface area contributed by atoms with Gasteiger partial charge in [-0.3, -0.25) is 9.59 Å². The number of carbonyl (C=O) groups is 2. The van der Waals surface area contributed by atoms with E-state index in [1.54, 1.807) is 30.3 Å². The molecule has 0 bridgehead atoms. The van der Waals surface area contributed by atoms with Crippen molar-refractivity contribution in [2.75, 3.05) is 6.54 Å². The zero-order valence-electron chi connectivity index (χ0n) is 11.6. The van der Waals surface area contributed by atoms with Crippen molar-refractivity contribution in [2.24, 2.45) is 5.10 Å². The van der Waals surface area contributed by atoms with E-state index in [2.05, 4.69) is 15.8 Å². The maximum Gasteiger partial charge on any atom is 0.259 e. The molecule has 112 valence electrons. The van der Waals surface area contributed by atoms with Crippen molar-refractivity contribution in [1.82, 2.24) is 10.7 Å². The lowest BCUT2D eigenvalue weighted by atomic mass is 10.2. The summed E-state index contributed by atoms with van der Waals surface area (Å²) in [6.07, 6.45) is 1.39. The Bertz CT molecular complexity index is 670. The quantitative estimate of drug-likeness (QED) is 0.652. The van der Waals surface area contributed by atoms with Gasteiger partial charge in [-0.15, -0.1) is 0 Å². The molecule has 0 aromatic heterocycles. The first-order valence-electron chi connectivity index (χ1n) is 6.56. The summed E-state index contributed by atoms with van der Waals surface area (Å²) >= 11 is 0. The molecule has 2 aromatic rings. The minimum absolute atomic E-state index is 0.186. The van der Waals surface area contributed by atoms with Gasteiger partial charge in [0.05, 0.1) is 12.8 Å². The van der Waals surface area contributed by atoms with E-state index in [1.807, 2.05) is 0 Å². The lowest BCUT2D eigenvalue weighted by Crippen LogP contribution is -2.34. The average molecular weight is 299 g/mol. The molecule has 22 heavy (non-hydrogen) atoms. The van der Waals surface area contributed by atoms with Crippen LogP contribution in [0, 0.1) is 5.82 Å². The van der Waals surface area contributed by atoms with E-state index < -0.39 is 5.91 Å². The fraction of sp³-hybridized carbons (Fsp3) is 0.0625. The van der Waals surface area contributed by atoms with Gasteiger partial charge in [0, 0.05) is 5.56 Å². The number of hydrogen-bond acceptors (Lipinski definition) is 3. The number of nitrogens with one attached hydrogen (secondary N) is 2. The minimum atomic E-state index is -0.456. The first kappa shape index (κ1) is 15.4. The van der Waals surface area contributed by atoms with Crippen LogP contribution in [-0.2, 0) is 4.79 Å². The van der Waals surface area contributed by atoms with Crippen LogP contribution in [0.1, 0.15) is 15.9 Å². The SMILES string of the molecule is O=C(CNC(=O)c1ccccc1)NN=Cc1ccc(F)cc1. The van der Waals surface area contributed by atoms with Gasteiger partial charge in [-0.25, -0.2) is 9.82 Å². The molecule has 0 unspecified atom stereocenters. The van der Waals surface area contributed by atoms with Gasteiger partial charge >= 0.3 is 0 Å². The second kappa shape index (κ2) is 7.68. The van der Waals surface area contributed by atoms with Crippen LogP contribution in [0.25, 0.3) is 0 Å². The summed E-state index contributed by atoms with van der Waals surface area (Å²) < 4.78 is 12.7. The maximum atomic E-state index is 12.7. The Labute approximate surface area is 126 Å². The normalized spacial score (nSPS) is 10.4. The van der Waals surface area contributed by atoms with Gasteiger partial charge in [0.25, 0.3) is 11.8 Å². The standard InChI is InChI=1S/C16H14FN3O2/c17-14-8-6-12(7-9-14)10-19-20-15(21)11-18-16(22)13-4-2-1-3-5-13/h1-10H,11H2,(H,18,22)(H,20,21). The third kappa shape index (κ3) is 4.82. The third-order valence-corrected chi connectivity index (χ3v) is 2.72. The van der Waals surface area contributed by atoms with Crippen molar-refractivity contribution >= 4 is 18.0 Å². The van der Waals surface area contributed by atoms with Crippen molar-refractivity contribution in [3.63, 3.8) is 0 Å². The summed E-state index contributed by atoms with van der Waals surface area (Å²) in [5.41, 5.74) is 3.40. The molecule has 0 saturated carbocycles. The summed E-state index contributed by atoms with van der Waals surface area (Å²) in [5.74, 6) is -1.13. The van der Waals surface area contributed by atoms with E-state index >= 15 is 0 Å². The van der Waals surface area contributed by atoms with Gasteiger partial charge in [0.2, 0.25) is 0 Å². The van der Waals surface area contributed by atoms with Gasteiger partial charge in [-0.05, 0) is 29.8 Å².